The maximum absolute atomic E-state index is 12.5. The number of H-pyrrole nitrogens is 1. The molecule has 2 aliphatic rings. The van der Waals surface area contributed by atoms with Crippen molar-refractivity contribution in [3.63, 3.8) is 0 Å². The van der Waals surface area contributed by atoms with Crippen molar-refractivity contribution in [2.24, 2.45) is 5.92 Å². The lowest BCUT2D eigenvalue weighted by Crippen LogP contribution is -2.46. The third-order valence-electron chi connectivity index (χ3n) is 5.35. The van der Waals surface area contributed by atoms with E-state index in [1.807, 2.05) is 11.0 Å². The van der Waals surface area contributed by atoms with Gasteiger partial charge < -0.3 is 10.2 Å². The van der Waals surface area contributed by atoms with Crippen LogP contribution in [0.3, 0.4) is 0 Å². The maximum atomic E-state index is 12.5. The minimum Gasteiger partial charge on any atom is -0.338 e. The van der Waals surface area contributed by atoms with Crippen LogP contribution in [0.1, 0.15) is 35.6 Å². The predicted octanol–water partition coefficient (Wildman–Crippen LogP) is 2.71. The molecule has 1 fully saturated rings. The van der Waals surface area contributed by atoms with Gasteiger partial charge in [0.25, 0.3) is 0 Å². The summed E-state index contributed by atoms with van der Waals surface area (Å²) in [5.41, 5.74) is 4.02. The minimum atomic E-state index is 0.0789. The molecule has 5 heteroatoms. The topological polar surface area (TPSA) is 61.0 Å². The summed E-state index contributed by atoms with van der Waals surface area (Å²) in [6, 6.07) is 10.7. The molecule has 0 saturated carbocycles. The Kier molecular flexibility index (Phi) is 4.24. The average Bonchev–Trinajstić information content (AvgIpc) is 3.29. The molecule has 0 bridgehead atoms. The Balaban J connectivity index is 1.29. The van der Waals surface area contributed by atoms with Crippen LogP contribution in [0.2, 0.25) is 0 Å². The predicted molar refractivity (Wildman–Crippen MR) is 92.9 cm³/mol. The highest BCUT2D eigenvalue weighted by molar-refractivity contribution is 5.74. The van der Waals surface area contributed by atoms with Crippen molar-refractivity contribution in [3.8, 4) is 0 Å². The highest BCUT2D eigenvalue weighted by Crippen LogP contribution is 2.27. The van der Waals surface area contributed by atoms with Crippen molar-refractivity contribution in [1.82, 2.24) is 20.4 Å². The van der Waals surface area contributed by atoms with Crippen LogP contribution in [-0.2, 0) is 12.8 Å². The molecule has 1 aliphatic carbocycles. The van der Waals surface area contributed by atoms with E-state index in [0.29, 0.717) is 11.8 Å². The number of benzene rings is 1. The number of nitrogens with one attached hydrogen (secondary N) is 2. The van der Waals surface area contributed by atoms with Gasteiger partial charge in [0, 0.05) is 37.4 Å². The number of amides is 2. The number of nitrogens with zero attached hydrogens (tertiary/aromatic N) is 2. The number of fused-ring (bicyclic) bond motifs is 1. The average molecular weight is 324 g/mol. The molecule has 1 unspecified atom stereocenters. The molecule has 1 aromatic heterocycles. The number of aromatic amines is 1. The smallest absolute Gasteiger partial charge is 0.317 e. The molecule has 4 rings (SSSR count). The third-order valence-corrected chi connectivity index (χ3v) is 5.35. The molecule has 1 atom stereocenters. The summed E-state index contributed by atoms with van der Waals surface area (Å²) in [7, 11) is 0. The number of carbonyl (C=O) groups is 1. The van der Waals surface area contributed by atoms with Gasteiger partial charge in [-0.2, -0.15) is 5.10 Å². The summed E-state index contributed by atoms with van der Waals surface area (Å²) in [5, 5.41) is 10.2. The molecule has 2 heterocycles. The van der Waals surface area contributed by atoms with Crippen molar-refractivity contribution >= 4 is 6.03 Å². The van der Waals surface area contributed by atoms with Crippen LogP contribution < -0.4 is 5.32 Å². The van der Waals surface area contributed by atoms with Gasteiger partial charge in [0.05, 0.1) is 0 Å². The molecule has 5 nitrogen and oxygen atoms in total. The Hall–Kier alpha value is -2.30. The first-order valence-corrected chi connectivity index (χ1v) is 8.88. The van der Waals surface area contributed by atoms with Crippen molar-refractivity contribution in [2.45, 2.75) is 31.6 Å². The lowest BCUT2D eigenvalue weighted by Gasteiger charge is -2.32. The van der Waals surface area contributed by atoms with Crippen LogP contribution in [0.15, 0.2) is 36.5 Å². The molecule has 2 amide bonds. The first-order chi connectivity index (χ1) is 11.8. The van der Waals surface area contributed by atoms with E-state index in [9.17, 15) is 4.79 Å². The minimum absolute atomic E-state index is 0.0789. The van der Waals surface area contributed by atoms with Gasteiger partial charge in [0.2, 0.25) is 0 Å². The largest absolute Gasteiger partial charge is 0.338 e. The van der Waals surface area contributed by atoms with Gasteiger partial charge in [0.1, 0.15) is 0 Å². The summed E-state index contributed by atoms with van der Waals surface area (Å²) < 4.78 is 0. The molecular formula is C19H24N4O. The van der Waals surface area contributed by atoms with Crippen molar-refractivity contribution < 1.29 is 4.79 Å². The molecule has 0 radical (unpaired) electrons. The third kappa shape index (κ3) is 3.16. The van der Waals surface area contributed by atoms with Gasteiger partial charge in [-0.15, -0.1) is 0 Å². The van der Waals surface area contributed by atoms with E-state index in [0.717, 1.165) is 51.0 Å². The van der Waals surface area contributed by atoms with E-state index in [-0.39, 0.29) is 6.03 Å². The quantitative estimate of drug-likeness (QED) is 0.912. The van der Waals surface area contributed by atoms with E-state index >= 15 is 0 Å². The summed E-state index contributed by atoms with van der Waals surface area (Å²) in [6.45, 7) is 2.39. The fourth-order valence-electron chi connectivity index (χ4n) is 4.05. The first-order valence-electron chi connectivity index (χ1n) is 8.88. The zero-order chi connectivity index (χ0) is 16.4. The van der Waals surface area contributed by atoms with Gasteiger partial charge in [-0.3, -0.25) is 5.10 Å². The highest BCUT2D eigenvalue weighted by atomic mass is 16.2. The molecule has 1 saturated heterocycles. The molecular weight excluding hydrogens is 300 g/mol. The molecule has 1 aliphatic heterocycles. The van der Waals surface area contributed by atoms with Gasteiger partial charge in [-0.25, -0.2) is 4.79 Å². The normalized spacial score (nSPS) is 20.8. The van der Waals surface area contributed by atoms with E-state index in [2.05, 4.69) is 39.8 Å². The highest BCUT2D eigenvalue weighted by Gasteiger charge is 2.27. The van der Waals surface area contributed by atoms with E-state index in [4.69, 9.17) is 0 Å². The fraction of sp³-hybridized carbons (Fsp3) is 0.474. The fourth-order valence-corrected chi connectivity index (χ4v) is 4.05. The number of rotatable bonds is 3. The Morgan fingerprint density at radius 3 is 2.75 bits per heavy atom. The Labute approximate surface area is 142 Å². The molecule has 126 valence electrons. The SMILES string of the molecule is O=C(NCC1Cc2ccccc2C1)N1CCCC(c2ccn[nH]2)C1. The van der Waals surface area contributed by atoms with E-state index < -0.39 is 0 Å². The number of aromatic nitrogens is 2. The van der Waals surface area contributed by atoms with Crippen LogP contribution in [0.25, 0.3) is 0 Å². The number of carbonyl (C=O) groups excluding carboxylic acids is 1. The number of hydrogen-bond donors (Lipinski definition) is 2. The number of piperidine rings is 1. The summed E-state index contributed by atoms with van der Waals surface area (Å²) >= 11 is 0. The summed E-state index contributed by atoms with van der Waals surface area (Å²) in [5.74, 6) is 0.905. The van der Waals surface area contributed by atoms with Crippen molar-refractivity contribution in [1.29, 1.82) is 0 Å². The molecule has 2 aromatic rings. The van der Waals surface area contributed by atoms with Crippen LogP contribution in [0.5, 0.6) is 0 Å². The van der Waals surface area contributed by atoms with Crippen LogP contribution >= 0.6 is 0 Å². The van der Waals surface area contributed by atoms with Crippen LogP contribution in [0, 0.1) is 5.92 Å². The molecule has 24 heavy (non-hydrogen) atoms. The Bertz CT molecular complexity index is 672. The zero-order valence-electron chi connectivity index (χ0n) is 13.9. The number of hydrogen-bond acceptors (Lipinski definition) is 2. The second-order valence-corrected chi connectivity index (χ2v) is 7.03. The second kappa shape index (κ2) is 6.67. The Morgan fingerprint density at radius 1 is 1.25 bits per heavy atom. The molecule has 0 spiro atoms. The summed E-state index contributed by atoms with van der Waals surface area (Å²) in [4.78, 5) is 14.5. The van der Waals surface area contributed by atoms with Crippen molar-refractivity contribution in [2.75, 3.05) is 19.6 Å². The molecule has 1 aromatic carbocycles. The van der Waals surface area contributed by atoms with E-state index in [1.165, 1.54) is 11.1 Å². The lowest BCUT2D eigenvalue weighted by atomic mass is 9.95. The zero-order valence-corrected chi connectivity index (χ0v) is 13.9. The van der Waals surface area contributed by atoms with E-state index in [1.54, 1.807) is 6.20 Å². The van der Waals surface area contributed by atoms with Crippen LogP contribution in [0.4, 0.5) is 4.79 Å². The van der Waals surface area contributed by atoms with Gasteiger partial charge >= 0.3 is 6.03 Å². The van der Waals surface area contributed by atoms with Gasteiger partial charge in [0.15, 0.2) is 0 Å². The maximum Gasteiger partial charge on any atom is 0.317 e. The van der Waals surface area contributed by atoms with Crippen molar-refractivity contribution in [3.05, 3.63) is 53.3 Å². The summed E-state index contributed by atoms with van der Waals surface area (Å²) in [6.07, 6.45) is 6.10. The van der Waals surface area contributed by atoms with Gasteiger partial charge in [-0.05, 0) is 48.8 Å². The molecule has 2 N–H and O–H groups in total. The standard InChI is InChI=1S/C19H24N4O/c24-19(20-12-14-10-15-4-1-2-5-16(15)11-14)23-9-3-6-17(13-23)18-7-8-21-22-18/h1-2,4-5,7-8,14,17H,3,6,9-13H2,(H,20,24)(H,21,22). The first kappa shape index (κ1) is 15.2. The number of urea groups is 1. The Morgan fingerprint density at radius 2 is 2.04 bits per heavy atom. The second-order valence-electron chi connectivity index (χ2n) is 7.03. The number of likely N-dealkylation sites (tertiary alicyclic amines) is 1. The lowest BCUT2D eigenvalue weighted by molar-refractivity contribution is 0.177. The van der Waals surface area contributed by atoms with Gasteiger partial charge in [-0.1, -0.05) is 24.3 Å². The van der Waals surface area contributed by atoms with Crippen LogP contribution in [-0.4, -0.2) is 40.8 Å². The monoisotopic (exact) mass is 324 g/mol.